The smallest absolute Gasteiger partial charge is 0.170 e. The third-order valence-electron chi connectivity index (χ3n) is 1.45. The number of hydrogen-bond acceptors (Lipinski definition) is 4. The number of rotatable bonds is 0. The number of nitrogens with zero attached hydrogens (tertiary/aromatic N) is 2. The number of hydrazine groups is 1. The van der Waals surface area contributed by atoms with Crippen LogP contribution in [-0.2, 0) is 0 Å². The fraction of sp³-hybridized carbons (Fsp3) is 0.167. The molecule has 4 nitrogen and oxygen atoms in total. The fourth-order valence-electron chi connectivity index (χ4n) is 1.00. The molecule has 11 heavy (non-hydrogen) atoms. The summed E-state index contributed by atoms with van der Waals surface area (Å²) >= 11 is 3.36. The van der Waals surface area contributed by atoms with E-state index in [4.69, 9.17) is 5.73 Å². The van der Waals surface area contributed by atoms with Crippen molar-refractivity contribution in [2.75, 3.05) is 0 Å². The van der Waals surface area contributed by atoms with Gasteiger partial charge < -0.3 is 0 Å². The Labute approximate surface area is 72.6 Å². The summed E-state index contributed by atoms with van der Waals surface area (Å²) in [7, 11) is 0. The largest absolute Gasteiger partial charge is 0.296 e. The molecule has 3 N–H and O–H groups in total. The van der Waals surface area contributed by atoms with E-state index in [-0.39, 0.29) is 6.29 Å². The van der Waals surface area contributed by atoms with Gasteiger partial charge in [0.05, 0.1) is 4.48 Å². The first kappa shape index (κ1) is 7.02. The Kier molecular flexibility index (Phi) is 1.56. The Bertz CT molecular complexity index is 268. The van der Waals surface area contributed by atoms with Crippen molar-refractivity contribution in [3.63, 3.8) is 0 Å². The Balaban J connectivity index is 2.35. The zero-order valence-electron chi connectivity index (χ0n) is 5.66. The Morgan fingerprint density at radius 3 is 3.27 bits per heavy atom. The van der Waals surface area contributed by atoms with Gasteiger partial charge in [-0.05, 0) is 28.1 Å². The molecule has 2 aliphatic heterocycles. The SMILES string of the molecule is NC1N=C2C(Br)=CC=CN2N1. The average Bonchev–Trinajstić information content (AvgIpc) is 2.31. The molecule has 0 aliphatic carbocycles. The highest BCUT2D eigenvalue weighted by molar-refractivity contribution is 9.12. The van der Waals surface area contributed by atoms with Gasteiger partial charge in [0.25, 0.3) is 0 Å². The van der Waals surface area contributed by atoms with E-state index in [1.807, 2.05) is 18.4 Å². The molecule has 58 valence electrons. The lowest BCUT2D eigenvalue weighted by atomic mass is 10.4. The predicted molar refractivity (Wildman–Crippen MR) is 46.5 cm³/mol. The Hall–Kier alpha value is -0.650. The molecule has 1 unspecified atom stereocenters. The molecule has 0 spiro atoms. The summed E-state index contributed by atoms with van der Waals surface area (Å²) in [5, 5.41) is 1.79. The molecule has 0 aromatic heterocycles. The maximum atomic E-state index is 5.53. The second kappa shape index (κ2) is 2.44. The van der Waals surface area contributed by atoms with Crippen molar-refractivity contribution in [2.24, 2.45) is 10.7 Å². The topological polar surface area (TPSA) is 53.6 Å². The van der Waals surface area contributed by atoms with Crippen molar-refractivity contribution in [3.05, 3.63) is 22.8 Å². The second-order valence-corrected chi connectivity index (χ2v) is 3.11. The van der Waals surface area contributed by atoms with Gasteiger partial charge in [-0.1, -0.05) is 0 Å². The fourth-order valence-corrected chi connectivity index (χ4v) is 1.45. The van der Waals surface area contributed by atoms with Crippen molar-refractivity contribution in [3.8, 4) is 0 Å². The molecule has 0 saturated heterocycles. The van der Waals surface area contributed by atoms with E-state index >= 15 is 0 Å². The quantitative estimate of drug-likeness (QED) is 0.609. The second-order valence-electron chi connectivity index (χ2n) is 2.25. The van der Waals surface area contributed by atoms with E-state index in [0.717, 1.165) is 10.3 Å². The van der Waals surface area contributed by atoms with Crippen molar-refractivity contribution in [1.29, 1.82) is 0 Å². The van der Waals surface area contributed by atoms with Gasteiger partial charge in [0.15, 0.2) is 12.1 Å². The molecule has 2 heterocycles. The highest BCUT2D eigenvalue weighted by atomic mass is 79.9. The third-order valence-corrected chi connectivity index (χ3v) is 2.07. The molecule has 2 aliphatic rings. The van der Waals surface area contributed by atoms with Crippen LogP contribution in [0.1, 0.15) is 0 Å². The van der Waals surface area contributed by atoms with Crippen molar-refractivity contribution < 1.29 is 0 Å². The van der Waals surface area contributed by atoms with Crippen LogP contribution in [0.15, 0.2) is 27.8 Å². The number of hydrogen-bond donors (Lipinski definition) is 2. The molecule has 0 aromatic rings. The number of aliphatic imine (C=N–C) groups is 1. The van der Waals surface area contributed by atoms with Crippen molar-refractivity contribution in [1.82, 2.24) is 10.4 Å². The summed E-state index contributed by atoms with van der Waals surface area (Å²) in [6, 6.07) is 0. The minimum absolute atomic E-state index is 0.325. The number of allylic oxidation sites excluding steroid dienone is 2. The van der Waals surface area contributed by atoms with Crippen molar-refractivity contribution in [2.45, 2.75) is 6.29 Å². The van der Waals surface area contributed by atoms with Gasteiger partial charge in [-0.3, -0.25) is 10.7 Å². The van der Waals surface area contributed by atoms with Gasteiger partial charge in [-0.2, -0.15) is 5.43 Å². The van der Waals surface area contributed by atoms with Crippen LogP contribution in [0.3, 0.4) is 0 Å². The van der Waals surface area contributed by atoms with Gasteiger partial charge in [0.2, 0.25) is 0 Å². The number of fused-ring (bicyclic) bond motifs is 1. The zero-order chi connectivity index (χ0) is 7.84. The lowest BCUT2D eigenvalue weighted by Gasteiger charge is -2.17. The van der Waals surface area contributed by atoms with Crippen LogP contribution in [0.25, 0.3) is 0 Å². The lowest BCUT2D eigenvalue weighted by molar-refractivity contribution is 0.386. The number of amidine groups is 1. The van der Waals surface area contributed by atoms with Gasteiger partial charge in [0.1, 0.15) is 0 Å². The molecule has 0 amide bonds. The van der Waals surface area contributed by atoms with E-state index in [1.54, 1.807) is 5.01 Å². The molecular formula is C6H7BrN4. The molecule has 0 aromatic carbocycles. The molecule has 0 saturated carbocycles. The monoisotopic (exact) mass is 214 g/mol. The van der Waals surface area contributed by atoms with Gasteiger partial charge in [-0.15, -0.1) is 0 Å². The standard InChI is InChI=1S/C6H7BrN4/c7-4-2-1-3-11-5(4)9-6(8)10-11/h1-3,6,10H,8H2. The summed E-state index contributed by atoms with van der Waals surface area (Å²) in [5.41, 5.74) is 8.47. The maximum Gasteiger partial charge on any atom is 0.170 e. The summed E-state index contributed by atoms with van der Waals surface area (Å²) in [4.78, 5) is 4.13. The van der Waals surface area contributed by atoms with Crippen LogP contribution in [0.2, 0.25) is 0 Å². The first-order valence-corrected chi connectivity index (χ1v) is 4.00. The van der Waals surface area contributed by atoms with E-state index in [9.17, 15) is 0 Å². The van der Waals surface area contributed by atoms with E-state index in [1.165, 1.54) is 0 Å². The van der Waals surface area contributed by atoms with E-state index in [2.05, 4.69) is 26.3 Å². The maximum absolute atomic E-state index is 5.53. The molecule has 0 radical (unpaired) electrons. The highest BCUT2D eigenvalue weighted by Gasteiger charge is 2.23. The van der Waals surface area contributed by atoms with E-state index < -0.39 is 0 Å². The number of nitrogens with two attached hydrogens (primary N) is 1. The van der Waals surface area contributed by atoms with Crippen LogP contribution in [0.5, 0.6) is 0 Å². The van der Waals surface area contributed by atoms with Crippen LogP contribution in [0.4, 0.5) is 0 Å². The molecule has 5 heteroatoms. The average molecular weight is 215 g/mol. The summed E-state index contributed by atoms with van der Waals surface area (Å²) in [5.74, 6) is 0.833. The van der Waals surface area contributed by atoms with Crippen LogP contribution >= 0.6 is 15.9 Å². The highest BCUT2D eigenvalue weighted by Crippen LogP contribution is 2.18. The molecule has 2 rings (SSSR count). The van der Waals surface area contributed by atoms with Crippen LogP contribution < -0.4 is 11.2 Å². The van der Waals surface area contributed by atoms with Crippen molar-refractivity contribution >= 4 is 21.8 Å². The normalized spacial score (nSPS) is 28.2. The molecule has 1 atom stereocenters. The lowest BCUT2D eigenvalue weighted by Crippen LogP contribution is -2.40. The first-order valence-electron chi connectivity index (χ1n) is 3.20. The Morgan fingerprint density at radius 1 is 1.73 bits per heavy atom. The third kappa shape index (κ3) is 1.11. The summed E-state index contributed by atoms with van der Waals surface area (Å²) in [6.45, 7) is 0. The van der Waals surface area contributed by atoms with Gasteiger partial charge in [-0.25, -0.2) is 4.99 Å². The first-order chi connectivity index (χ1) is 5.27. The number of halogens is 1. The van der Waals surface area contributed by atoms with Gasteiger partial charge >= 0.3 is 0 Å². The summed E-state index contributed by atoms with van der Waals surface area (Å²) in [6.07, 6.45) is 5.38. The minimum atomic E-state index is -0.325. The summed E-state index contributed by atoms with van der Waals surface area (Å²) < 4.78 is 0.945. The molecular weight excluding hydrogens is 208 g/mol. The van der Waals surface area contributed by atoms with Crippen LogP contribution in [0, 0.1) is 0 Å². The Morgan fingerprint density at radius 2 is 2.55 bits per heavy atom. The predicted octanol–water partition coefficient (Wildman–Crippen LogP) is 0.253. The van der Waals surface area contributed by atoms with Gasteiger partial charge in [0, 0.05) is 6.20 Å². The van der Waals surface area contributed by atoms with Crippen LogP contribution in [-0.4, -0.2) is 17.1 Å². The zero-order valence-corrected chi connectivity index (χ0v) is 7.25. The number of nitrogens with one attached hydrogen (secondary N) is 1. The molecule has 0 bridgehead atoms. The molecule has 0 fully saturated rings. The minimum Gasteiger partial charge on any atom is -0.296 e. The van der Waals surface area contributed by atoms with E-state index in [0.29, 0.717) is 0 Å².